The fourth-order valence-corrected chi connectivity index (χ4v) is 4.91. The van der Waals surface area contributed by atoms with Gasteiger partial charge in [0, 0.05) is 41.8 Å². The molecule has 10 nitrogen and oxygen atoms in total. The number of urea groups is 1. The number of nitrogens with one attached hydrogen (secondary N) is 3. The van der Waals surface area contributed by atoms with Gasteiger partial charge in [-0.2, -0.15) is 0 Å². The Morgan fingerprint density at radius 2 is 1.79 bits per heavy atom. The van der Waals surface area contributed by atoms with Crippen LogP contribution in [0.15, 0.2) is 67.0 Å². The van der Waals surface area contributed by atoms with Gasteiger partial charge in [0.05, 0.1) is 26.2 Å². The molecule has 0 saturated carbocycles. The number of nitrogens with zero attached hydrogens (tertiary/aromatic N) is 1. The van der Waals surface area contributed by atoms with E-state index in [1.165, 1.54) is 0 Å². The molecular weight excluding hydrogens is 488 g/mol. The van der Waals surface area contributed by atoms with Crippen molar-refractivity contribution in [3.63, 3.8) is 0 Å². The van der Waals surface area contributed by atoms with Crippen LogP contribution in [0.1, 0.15) is 29.9 Å². The van der Waals surface area contributed by atoms with E-state index in [4.69, 9.17) is 14.2 Å². The van der Waals surface area contributed by atoms with Crippen LogP contribution >= 0.6 is 0 Å². The third-order valence-electron chi connectivity index (χ3n) is 6.76. The molecule has 0 radical (unpaired) electrons. The monoisotopic (exact) mass is 518 g/mol. The highest BCUT2D eigenvalue weighted by atomic mass is 16.6. The van der Waals surface area contributed by atoms with Gasteiger partial charge in [0.15, 0.2) is 0 Å². The van der Waals surface area contributed by atoms with Crippen molar-refractivity contribution in [1.82, 2.24) is 10.3 Å². The number of hydrogen-bond donors (Lipinski definition) is 4. The second kappa shape index (κ2) is 11.5. The molecule has 0 spiro atoms. The standard InChI is InChI=1S/C28H30N4O6/c1-36-20-5-2-18(3-6-20)31-28(35)32-19-4-7-24-22(12-19)23-13-21(37-25(16-33)27(23)38-24)14-26(34)30-15-17-8-10-29-11-9-17/h2-12,21,23,25,27,33H,13-16H2,1H3,(H,30,34)(H2,31,32,35)/t21-,23+,25-,27-/m0/s1. The first-order valence-electron chi connectivity index (χ1n) is 12.5. The number of aliphatic hydroxyl groups is 1. The van der Waals surface area contributed by atoms with Gasteiger partial charge in [-0.1, -0.05) is 0 Å². The Morgan fingerprint density at radius 3 is 2.53 bits per heavy atom. The summed E-state index contributed by atoms with van der Waals surface area (Å²) in [6.07, 6.45) is 2.78. The predicted molar refractivity (Wildman–Crippen MR) is 140 cm³/mol. The number of pyridine rings is 1. The molecule has 3 heterocycles. The Morgan fingerprint density at radius 1 is 1.05 bits per heavy atom. The van der Waals surface area contributed by atoms with Gasteiger partial charge in [0.1, 0.15) is 23.7 Å². The first-order chi connectivity index (χ1) is 18.5. The highest BCUT2D eigenvalue weighted by Crippen LogP contribution is 2.47. The maximum absolute atomic E-state index is 12.6. The minimum absolute atomic E-state index is 0.0831. The van der Waals surface area contributed by atoms with Gasteiger partial charge >= 0.3 is 6.03 Å². The zero-order valence-corrected chi connectivity index (χ0v) is 20.9. The molecule has 0 bridgehead atoms. The zero-order chi connectivity index (χ0) is 26.5. The largest absolute Gasteiger partial charge is 0.497 e. The first-order valence-corrected chi connectivity index (χ1v) is 12.5. The van der Waals surface area contributed by atoms with Crippen molar-refractivity contribution >= 4 is 23.3 Å². The van der Waals surface area contributed by atoms with Gasteiger partial charge in [-0.3, -0.25) is 9.78 Å². The van der Waals surface area contributed by atoms with Crippen molar-refractivity contribution in [3.05, 3.63) is 78.1 Å². The normalized spacial score (nSPS) is 21.4. The molecule has 2 aliphatic heterocycles. The Kier molecular flexibility index (Phi) is 7.71. The molecule has 38 heavy (non-hydrogen) atoms. The molecule has 3 amide bonds. The maximum atomic E-state index is 12.6. The fraction of sp³-hybridized carbons (Fsp3) is 0.321. The Hall–Kier alpha value is -4.15. The lowest BCUT2D eigenvalue weighted by atomic mass is 9.84. The highest BCUT2D eigenvalue weighted by molar-refractivity contribution is 5.99. The molecule has 2 aromatic carbocycles. The van der Waals surface area contributed by atoms with Crippen LogP contribution in [0.5, 0.6) is 11.5 Å². The van der Waals surface area contributed by atoms with E-state index < -0.39 is 6.10 Å². The zero-order valence-electron chi connectivity index (χ0n) is 20.9. The lowest BCUT2D eigenvalue weighted by molar-refractivity contribution is -0.142. The number of aromatic nitrogens is 1. The smallest absolute Gasteiger partial charge is 0.323 e. The number of benzene rings is 2. The molecule has 0 unspecified atom stereocenters. The van der Waals surface area contributed by atoms with Gasteiger partial charge in [0.2, 0.25) is 5.91 Å². The van der Waals surface area contributed by atoms with Crippen LogP contribution in [0, 0.1) is 0 Å². The molecule has 1 saturated heterocycles. The second-order valence-corrected chi connectivity index (χ2v) is 9.30. The summed E-state index contributed by atoms with van der Waals surface area (Å²) in [4.78, 5) is 29.2. The number of anilines is 2. The number of fused-ring (bicyclic) bond motifs is 3. The average Bonchev–Trinajstić information content (AvgIpc) is 3.30. The van der Waals surface area contributed by atoms with E-state index in [1.807, 2.05) is 24.3 Å². The van der Waals surface area contributed by atoms with Crippen LogP contribution in [0.25, 0.3) is 0 Å². The summed E-state index contributed by atoms with van der Waals surface area (Å²) in [5.41, 5.74) is 3.12. The molecule has 2 aliphatic rings. The summed E-state index contributed by atoms with van der Waals surface area (Å²) >= 11 is 0. The molecule has 0 aliphatic carbocycles. The third-order valence-corrected chi connectivity index (χ3v) is 6.76. The van der Waals surface area contributed by atoms with Crippen molar-refractivity contribution in [2.75, 3.05) is 24.4 Å². The number of amides is 3. The molecule has 1 aromatic heterocycles. The molecular formula is C28H30N4O6. The van der Waals surface area contributed by atoms with Gasteiger partial charge in [0.25, 0.3) is 0 Å². The lowest BCUT2D eigenvalue weighted by Gasteiger charge is -2.37. The maximum Gasteiger partial charge on any atom is 0.323 e. The SMILES string of the molecule is COc1ccc(NC(=O)Nc2ccc3c(c2)[C@H]2C[C@@H](CC(=O)NCc4ccncc4)O[C@@H](CO)[C@H]2O3)cc1. The van der Waals surface area contributed by atoms with E-state index in [9.17, 15) is 14.7 Å². The molecule has 4 atom stereocenters. The van der Waals surface area contributed by atoms with Crippen LogP contribution in [0.2, 0.25) is 0 Å². The molecule has 10 heteroatoms. The summed E-state index contributed by atoms with van der Waals surface area (Å²) in [5, 5.41) is 18.6. The van der Waals surface area contributed by atoms with Crippen LogP contribution < -0.4 is 25.4 Å². The number of aliphatic hydroxyl groups excluding tert-OH is 1. The third kappa shape index (κ3) is 5.87. The first kappa shape index (κ1) is 25.5. The van der Waals surface area contributed by atoms with E-state index >= 15 is 0 Å². The van der Waals surface area contributed by atoms with Gasteiger partial charge in [-0.25, -0.2) is 4.79 Å². The summed E-state index contributed by atoms with van der Waals surface area (Å²) in [5.74, 6) is 1.17. The van der Waals surface area contributed by atoms with Crippen molar-refractivity contribution in [3.8, 4) is 11.5 Å². The molecule has 198 valence electrons. The lowest BCUT2D eigenvalue weighted by Crippen LogP contribution is -2.47. The topological polar surface area (TPSA) is 131 Å². The van der Waals surface area contributed by atoms with E-state index in [2.05, 4.69) is 20.9 Å². The van der Waals surface area contributed by atoms with Crippen molar-refractivity contribution in [2.24, 2.45) is 0 Å². The number of hydrogen-bond acceptors (Lipinski definition) is 7. The van der Waals surface area contributed by atoms with E-state index in [0.29, 0.717) is 35.8 Å². The Balaban J connectivity index is 1.22. The molecule has 3 aromatic rings. The number of rotatable bonds is 8. The van der Waals surface area contributed by atoms with Gasteiger partial charge < -0.3 is 35.3 Å². The highest BCUT2D eigenvalue weighted by Gasteiger charge is 2.46. The predicted octanol–water partition coefficient (Wildman–Crippen LogP) is 3.44. The van der Waals surface area contributed by atoms with E-state index in [-0.39, 0.29) is 43.1 Å². The number of carbonyl (C=O) groups excluding carboxylic acids is 2. The minimum Gasteiger partial charge on any atom is -0.497 e. The van der Waals surface area contributed by atoms with Crippen LogP contribution in [-0.4, -0.2) is 54.1 Å². The van der Waals surface area contributed by atoms with Crippen LogP contribution in [0.3, 0.4) is 0 Å². The van der Waals surface area contributed by atoms with E-state index in [1.54, 1.807) is 49.8 Å². The van der Waals surface area contributed by atoms with Gasteiger partial charge in [-0.05, 0) is 66.6 Å². The number of carbonyl (C=O) groups is 2. The van der Waals surface area contributed by atoms with E-state index in [0.717, 1.165) is 11.1 Å². The summed E-state index contributed by atoms with van der Waals surface area (Å²) in [6.45, 7) is 0.183. The molecule has 5 rings (SSSR count). The second-order valence-electron chi connectivity index (χ2n) is 9.30. The molecule has 4 N–H and O–H groups in total. The summed E-state index contributed by atoms with van der Waals surface area (Å²) in [6, 6.07) is 15.8. The van der Waals surface area contributed by atoms with Crippen molar-refractivity contribution in [1.29, 1.82) is 0 Å². The fourth-order valence-electron chi connectivity index (χ4n) is 4.91. The quantitative estimate of drug-likeness (QED) is 0.359. The Bertz CT molecular complexity index is 1270. The minimum atomic E-state index is -0.561. The van der Waals surface area contributed by atoms with Crippen LogP contribution in [0.4, 0.5) is 16.2 Å². The Labute approximate surface area is 220 Å². The summed E-state index contributed by atoms with van der Waals surface area (Å²) in [7, 11) is 1.58. The number of ether oxygens (including phenoxy) is 3. The summed E-state index contributed by atoms with van der Waals surface area (Å²) < 4.78 is 17.3. The average molecular weight is 519 g/mol. The number of methoxy groups -OCH3 is 1. The van der Waals surface area contributed by atoms with Gasteiger partial charge in [-0.15, -0.1) is 0 Å². The molecule has 1 fully saturated rings. The van der Waals surface area contributed by atoms with Crippen LogP contribution in [-0.2, 0) is 16.1 Å². The van der Waals surface area contributed by atoms with Crippen molar-refractivity contribution in [2.45, 2.75) is 43.6 Å². The van der Waals surface area contributed by atoms with Crippen molar-refractivity contribution < 1.29 is 28.9 Å².